The van der Waals surface area contributed by atoms with Crippen LogP contribution in [0.1, 0.15) is 4.11 Å². The first-order valence-corrected chi connectivity index (χ1v) is 23.0. The third-order valence-electron chi connectivity index (χ3n) is 13.2. The van der Waals surface area contributed by atoms with Gasteiger partial charge in [0.25, 0.3) is 0 Å². The van der Waals surface area contributed by atoms with Crippen LogP contribution in [-0.2, 0) is 0 Å². The van der Waals surface area contributed by atoms with E-state index >= 15 is 0 Å². The summed E-state index contributed by atoms with van der Waals surface area (Å²) in [5, 5.41) is 0. The maximum Gasteiger partial charge on any atom is 0.147 e. The summed E-state index contributed by atoms with van der Waals surface area (Å²) in [6.07, 6.45) is 14.2. The Hall–Kier alpha value is -9.30. The molecule has 13 rings (SSSR count). The van der Waals surface area contributed by atoms with Crippen molar-refractivity contribution in [1.82, 2.24) is 19.9 Å². The van der Waals surface area contributed by atoms with Crippen LogP contribution in [0.25, 0.3) is 0 Å². The molecule has 5 aromatic carbocycles. The van der Waals surface area contributed by atoms with Crippen LogP contribution in [-0.4, -0.2) is 60.6 Å². The van der Waals surface area contributed by atoms with E-state index in [1.807, 2.05) is 90.4 Å². The first kappa shape index (κ1) is 37.8. The molecule has 9 aromatic rings. The predicted octanol–water partition coefficient (Wildman–Crippen LogP) is 12.4. The molecule has 342 valence electrons. The Morgan fingerprint density at radius 3 is 1.21 bits per heavy atom. The van der Waals surface area contributed by atoms with Crippen molar-refractivity contribution < 1.29 is 13.6 Å². The molecule has 0 saturated carbocycles. The number of aromatic nitrogens is 4. The number of rotatable bonds is 10. The van der Waals surface area contributed by atoms with E-state index in [0.717, 1.165) is 86.4 Å². The van der Waals surface area contributed by atoms with Gasteiger partial charge in [-0.1, -0.05) is 36.4 Å². The average molecular weight is 922 g/mol. The number of benzene rings is 5. The molecule has 4 aliphatic heterocycles. The van der Waals surface area contributed by atoms with E-state index < -0.39 is 6.98 Å². The zero-order chi connectivity index (χ0) is 49.2. The summed E-state index contributed by atoms with van der Waals surface area (Å²) in [6, 6.07) is 49.2. The maximum atomic E-state index is 8.11. The molecular formula is C56H46N12O2. The van der Waals surface area contributed by atoms with Gasteiger partial charge < -0.3 is 48.7 Å². The van der Waals surface area contributed by atoms with Crippen molar-refractivity contribution in [3.05, 3.63) is 195 Å². The lowest BCUT2D eigenvalue weighted by Crippen LogP contribution is -2.25. The lowest BCUT2D eigenvalue weighted by Gasteiger charge is -2.24. The Balaban J connectivity index is 0.712. The standard InChI is InChI=1S/C56H46N12O2/c1-61-35-63(53-21-23-57-33-55(53)61)41-9-7-11-45(25-41)69-47-27-43(29-59-31-47)67-37-65(49-13-3-5-15-51(49)67)39-17-19-40(20-18-39)66-38-68(52-16-6-4-14-50(52)66)44-28-48(32-60-30-44)70-46-12-8-10-42(26-46)64-36-62(2)56-34-58-24-22-54(56)64/h3-34H,35-38H2,1-2H3/i1D3. The van der Waals surface area contributed by atoms with Crippen molar-refractivity contribution in [2.75, 3.05) is 79.9 Å². The summed E-state index contributed by atoms with van der Waals surface area (Å²) in [5.41, 5.74) is 13.6. The second kappa shape index (κ2) is 16.8. The zero-order valence-corrected chi connectivity index (χ0v) is 38.0. The molecule has 0 aliphatic carbocycles. The predicted molar refractivity (Wildman–Crippen MR) is 278 cm³/mol. The second-order valence-electron chi connectivity index (χ2n) is 17.4. The van der Waals surface area contributed by atoms with Crippen LogP contribution >= 0.6 is 0 Å². The topological polar surface area (TPSA) is 95.9 Å². The number of nitrogens with zero attached hydrogens (tertiary/aromatic N) is 12. The van der Waals surface area contributed by atoms with Crippen molar-refractivity contribution >= 4 is 79.6 Å². The van der Waals surface area contributed by atoms with Crippen molar-refractivity contribution in [3.63, 3.8) is 0 Å². The number of anilines is 14. The highest BCUT2D eigenvalue weighted by Crippen LogP contribution is 2.48. The highest BCUT2D eigenvalue weighted by molar-refractivity contribution is 5.90. The van der Waals surface area contributed by atoms with Gasteiger partial charge in [-0.15, -0.1) is 0 Å². The molecule has 4 aromatic heterocycles. The minimum atomic E-state index is -2.32. The molecule has 0 N–H and O–H groups in total. The van der Waals surface area contributed by atoms with E-state index in [9.17, 15) is 0 Å². The van der Waals surface area contributed by atoms with E-state index in [-0.39, 0.29) is 6.67 Å². The molecule has 8 heterocycles. The van der Waals surface area contributed by atoms with Gasteiger partial charge in [0.15, 0.2) is 0 Å². The summed E-state index contributed by atoms with van der Waals surface area (Å²) in [7, 11) is 2.07. The number of ether oxygens (including phenoxy) is 2. The number of pyridine rings is 4. The van der Waals surface area contributed by atoms with Crippen LogP contribution < -0.4 is 48.7 Å². The smallest absolute Gasteiger partial charge is 0.147 e. The zero-order valence-electron chi connectivity index (χ0n) is 41.0. The van der Waals surface area contributed by atoms with Gasteiger partial charge in [0.1, 0.15) is 36.3 Å². The number of fused-ring (bicyclic) bond motifs is 4. The molecule has 0 atom stereocenters. The van der Waals surface area contributed by atoms with E-state index in [1.165, 1.54) is 4.90 Å². The molecule has 4 aliphatic rings. The molecule has 0 radical (unpaired) electrons. The highest BCUT2D eigenvalue weighted by Gasteiger charge is 2.32. The number of hydrogen-bond acceptors (Lipinski definition) is 14. The summed E-state index contributed by atoms with van der Waals surface area (Å²) < 4.78 is 37.3. The first-order chi connectivity index (χ1) is 35.7. The summed E-state index contributed by atoms with van der Waals surface area (Å²) in [6.45, 7) is -0.302. The number of para-hydroxylation sites is 4. The Bertz CT molecular complexity index is 3550. The SMILES string of the molecule is [2H]C([2H])([2H])N1CN(c2cccc(Oc3cncc(N4CN(c5ccc(N6CN(c7cncc(Oc8cccc(N9CN(C)c%10cnccc%109)c8)c7)c7ccccc76)cc5)c5ccccc54)c3)c2)c2ccncc21. The molecule has 0 fully saturated rings. The molecular weight excluding hydrogens is 873 g/mol. The van der Waals surface area contributed by atoms with Crippen LogP contribution in [0.4, 0.5) is 79.6 Å². The van der Waals surface area contributed by atoms with E-state index in [1.54, 1.807) is 24.8 Å². The van der Waals surface area contributed by atoms with Crippen LogP contribution in [0.3, 0.4) is 0 Å². The largest absolute Gasteiger partial charge is 0.456 e. The van der Waals surface area contributed by atoms with E-state index in [0.29, 0.717) is 36.3 Å². The van der Waals surface area contributed by atoms with Gasteiger partial charge in [-0.25, -0.2) is 0 Å². The fourth-order valence-corrected chi connectivity index (χ4v) is 9.86. The maximum absolute atomic E-state index is 8.11. The average Bonchev–Trinajstić information content (AvgIpc) is 4.20. The van der Waals surface area contributed by atoms with Gasteiger partial charge in [0.05, 0.1) is 107 Å². The van der Waals surface area contributed by atoms with Gasteiger partial charge in [-0.2, -0.15) is 0 Å². The Morgan fingerprint density at radius 1 is 0.343 bits per heavy atom. The Kier molecular flexibility index (Phi) is 9.05. The van der Waals surface area contributed by atoms with Crippen molar-refractivity contribution in [2.45, 2.75) is 0 Å². The van der Waals surface area contributed by atoms with Crippen LogP contribution in [0, 0.1) is 0 Å². The van der Waals surface area contributed by atoms with Crippen molar-refractivity contribution in [2.24, 2.45) is 0 Å². The van der Waals surface area contributed by atoms with Crippen molar-refractivity contribution in [3.8, 4) is 23.0 Å². The summed E-state index contributed by atoms with van der Waals surface area (Å²) in [5.74, 6) is 2.54. The molecule has 0 bridgehead atoms. The van der Waals surface area contributed by atoms with Crippen molar-refractivity contribution in [1.29, 1.82) is 0 Å². The normalized spacial score (nSPS) is 15.4. The van der Waals surface area contributed by atoms with Crippen LogP contribution in [0.5, 0.6) is 23.0 Å². The van der Waals surface area contributed by atoms with Gasteiger partial charge in [0.2, 0.25) is 0 Å². The minimum absolute atomic E-state index is 0.157. The quantitative estimate of drug-likeness (QED) is 0.130. The first-order valence-electron chi connectivity index (χ1n) is 24.5. The van der Waals surface area contributed by atoms with Gasteiger partial charge >= 0.3 is 0 Å². The molecule has 14 heteroatoms. The Morgan fingerprint density at radius 2 is 0.743 bits per heavy atom. The van der Waals surface area contributed by atoms with Crippen LogP contribution in [0.15, 0.2) is 195 Å². The molecule has 70 heavy (non-hydrogen) atoms. The second-order valence-corrected chi connectivity index (χ2v) is 17.4. The van der Waals surface area contributed by atoms with Gasteiger partial charge in [-0.05, 0) is 84.9 Å². The molecule has 0 amide bonds. The molecule has 0 spiro atoms. The fraction of sp³-hybridized carbons (Fsp3) is 0.107. The van der Waals surface area contributed by atoms with E-state index in [4.69, 9.17) is 13.6 Å². The van der Waals surface area contributed by atoms with Crippen LogP contribution in [0.2, 0.25) is 0 Å². The molecule has 14 nitrogen and oxygen atoms in total. The lowest BCUT2D eigenvalue weighted by molar-refractivity contribution is 0.480. The summed E-state index contributed by atoms with van der Waals surface area (Å²) in [4.78, 5) is 34.7. The fourth-order valence-electron chi connectivity index (χ4n) is 9.86. The minimum Gasteiger partial charge on any atom is -0.456 e. The third kappa shape index (κ3) is 7.20. The highest BCUT2D eigenvalue weighted by atomic mass is 16.5. The lowest BCUT2D eigenvalue weighted by atomic mass is 10.2. The van der Waals surface area contributed by atoms with Gasteiger partial charge in [-0.3, -0.25) is 19.9 Å². The Labute approximate surface area is 409 Å². The number of hydrogen-bond donors (Lipinski definition) is 0. The third-order valence-corrected chi connectivity index (χ3v) is 13.2. The monoisotopic (exact) mass is 921 g/mol. The van der Waals surface area contributed by atoms with E-state index in [2.05, 4.69) is 141 Å². The molecule has 0 unspecified atom stereocenters. The summed E-state index contributed by atoms with van der Waals surface area (Å²) >= 11 is 0. The molecule has 0 saturated heterocycles. The van der Waals surface area contributed by atoms with Gasteiger partial charge in [0, 0.05) is 77.5 Å².